The van der Waals surface area contributed by atoms with Crippen molar-refractivity contribution in [1.29, 1.82) is 0 Å². The summed E-state index contributed by atoms with van der Waals surface area (Å²) in [5.41, 5.74) is -0.00336. The lowest BCUT2D eigenvalue weighted by Crippen LogP contribution is -2.44. The average molecular weight is 331 g/mol. The zero-order chi connectivity index (χ0) is 17.1. The molecule has 128 valence electrons. The second-order valence-corrected chi connectivity index (χ2v) is 6.31. The number of aromatic nitrogens is 2. The maximum Gasteiger partial charge on any atom is 0.261 e. The van der Waals surface area contributed by atoms with E-state index in [9.17, 15) is 14.0 Å². The number of rotatable bonds is 4. The maximum absolute atomic E-state index is 13.2. The number of hydrogen-bond donors (Lipinski definition) is 0. The first-order valence-electron chi connectivity index (χ1n) is 8.54. The molecule has 0 N–H and O–H groups in total. The molecule has 1 amide bonds. The van der Waals surface area contributed by atoms with Gasteiger partial charge in [-0.15, -0.1) is 0 Å². The van der Waals surface area contributed by atoms with Gasteiger partial charge < -0.3 is 4.90 Å². The van der Waals surface area contributed by atoms with Gasteiger partial charge in [-0.1, -0.05) is 19.3 Å². The molecule has 3 rings (SSSR count). The Morgan fingerprint density at radius 2 is 2.08 bits per heavy atom. The molecule has 0 spiro atoms. The molecule has 0 aliphatic heterocycles. The minimum atomic E-state index is -0.433. The Bertz CT molecular complexity index is 796. The summed E-state index contributed by atoms with van der Waals surface area (Å²) in [6, 6.07) is 4.15. The van der Waals surface area contributed by atoms with Gasteiger partial charge in [0.1, 0.15) is 12.4 Å². The zero-order valence-electron chi connectivity index (χ0n) is 13.9. The fourth-order valence-corrected chi connectivity index (χ4v) is 3.51. The SMILES string of the molecule is CCN(C(=O)Cn1cnc2cc(F)ccc2c1=O)C1CCCCC1. The Morgan fingerprint density at radius 1 is 1.33 bits per heavy atom. The average Bonchev–Trinajstić information content (AvgIpc) is 2.59. The van der Waals surface area contributed by atoms with Gasteiger partial charge >= 0.3 is 0 Å². The van der Waals surface area contributed by atoms with Crippen molar-refractivity contribution in [3.05, 3.63) is 40.7 Å². The van der Waals surface area contributed by atoms with Crippen molar-refractivity contribution in [3.63, 3.8) is 0 Å². The fraction of sp³-hybridized carbons (Fsp3) is 0.500. The molecule has 1 aliphatic rings. The number of carbonyl (C=O) groups is 1. The summed E-state index contributed by atoms with van der Waals surface area (Å²) in [4.78, 5) is 31.1. The van der Waals surface area contributed by atoms with Crippen LogP contribution < -0.4 is 5.56 Å². The van der Waals surface area contributed by atoms with Crippen LogP contribution in [0.1, 0.15) is 39.0 Å². The van der Waals surface area contributed by atoms with Crippen LogP contribution in [0.2, 0.25) is 0 Å². The molecule has 0 saturated heterocycles. The third-order valence-corrected chi connectivity index (χ3v) is 4.77. The maximum atomic E-state index is 13.2. The highest BCUT2D eigenvalue weighted by Crippen LogP contribution is 2.22. The molecule has 24 heavy (non-hydrogen) atoms. The molecule has 1 aromatic heterocycles. The molecule has 1 fully saturated rings. The van der Waals surface area contributed by atoms with E-state index < -0.39 is 5.82 Å². The van der Waals surface area contributed by atoms with Gasteiger partial charge in [0.05, 0.1) is 17.2 Å². The Kier molecular flexibility index (Phi) is 4.92. The van der Waals surface area contributed by atoms with Crippen LogP contribution in [0, 0.1) is 5.82 Å². The minimum Gasteiger partial charge on any atom is -0.338 e. The van der Waals surface area contributed by atoms with Gasteiger partial charge in [0.25, 0.3) is 5.56 Å². The number of likely N-dealkylation sites (N-methyl/N-ethyl adjacent to an activating group) is 1. The Hall–Kier alpha value is -2.24. The van der Waals surface area contributed by atoms with Crippen LogP contribution in [0.4, 0.5) is 4.39 Å². The lowest BCUT2D eigenvalue weighted by molar-refractivity contribution is -0.134. The number of halogens is 1. The molecule has 6 heteroatoms. The topological polar surface area (TPSA) is 55.2 Å². The van der Waals surface area contributed by atoms with Gasteiger partial charge in [0.2, 0.25) is 5.91 Å². The van der Waals surface area contributed by atoms with Crippen LogP contribution in [0.15, 0.2) is 29.3 Å². The van der Waals surface area contributed by atoms with Crippen LogP contribution in [0.5, 0.6) is 0 Å². The van der Waals surface area contributed by atoms with E-state index in [2.05, 4.69) is 4.98 Å². The largest absolute Gasteiger partial charge is 0.338 e. The normalized spacial score (nSPS) is 15.6. The number of carbonyl (C=O) groups excluding carboxylic acids is 1. The first-order valence-corrected chi connectivity index (χ1v) is 8.54. The first-order chi connectivity index (χ1) is 11.6. The summed E-state index contributed by atoms with van der Waals surface area (Å²) in [6.45, 7) is 2.59. The highest BCUT2D eigenvalue weighted by Gasteiger charge is 2.24. The molecule has 2 aromatic rings. The summed E-state index contributed by atoms with van der Waals surface area (Å²) in [5.74, 6) is -0.493. The van der Waals surface area contributed by atoms with Crippen LogP contribution in [-0.4, -0.2) is 32.9 Å². The predicted octanol–water partition coefficient (Wildman–Crippen LogP) is 2.72. The van der Waals surface area contributed by atoms with Crippen LogP contribution in [0.25, 0.3) is 10.9 Å². The highest BCUT2D eigenvalue weighted by atomic mass is 19.1. The van der Waals surface area contributed by atoms with Crippen LogP contribution in [-0.2, 0) is 11.3 Å². The van der Waals surface area contributed by atoms with Gasteiger partial charge in [0, 0.05) is 18.7 Å². The zero-order valence-corrected chi connectivity index (χ0v) is 13.9. The van der Waals surface area contributed by atoms with Crippen molar-refractivity contribution in [2.45, 2.75) is 51.6 Å². The van der Waals surface area contributed by atoms with E-state index in [4.69, 9.17) is 0 Å². The molecule has 1 saturated carbocycles. The Labute approximate surface area is 140 Å². The standard InChI is InChI=1S/C18H22FN3O2/c1-2-22(14-6-4-3-5-7-14)17(23)11-21-12-20-16-10-13(19)8-9-15(16)18(21)24/h8-10,12,14H,2-7,11H2,1H3. The number of hydrogen-bond acceptors (Lipinski definition) is 3. The Morgan fingerprint density at radius 3 is 2.79 bits per heavy atom. The van der Waals surface area contributed by atoms with Crippen molar-refractivity contribution in [2.75, 3.05) is 6.54 Å². The van der Waals surface area contributed by atoms with Gasteiger partial charge in [-0.05, 0) is 31.9 Å². The van der Waals surface area contributed by atoms with E-state index in [-0.39, 0.29) is 24.1 Å². The predicted molar refractivity (Wildman–Crippen MR) is 90.2 cm³/mol. The fourth-order valence-electron chi connectivity index (χ4n) is 3.51. The summed E-state index contributed by atoms with van der Waals surface area (Å²) in [7, 11) is 0. The molecule has 1 aromatic carbocycles. The summed E-state index contributed by atoms with van der Waals surface area (Å²) in [5, 5.41) is 0.326. The molecule has 0 radical (unpaired) electrons. The second-order valence-electron chi connectivity index (χ2n) is 6.31. The number of benzene rings is 1. The van der Waals surface area contributed by atoms with Crippen LogP contribution >= 0.6 is 0 Å². The molecule has 1 aliphatic carbocycles. The van der Waals surface area contributed by atoms with Crippen LogP contribution in [0.3, 0.4) is 0 Å². The smallest absolute Gasteiger partial charge is 0.261 e. The van der Waals surface area contributed by atoms with Crippen molar-refractivity contribution in [1.82, 2.24) is 14.5 Å². The number of nitrogens with zero attached hydrogens (tertiary/aromatic N) is 3. The van der Waals surface area contributed by atoms with E-state index in [1.54, 1.807) is 0 Å². The third-order valence-electron chi connectivity index (χ3n) is 4.77. The molecule has 1 heterocycles. The lowest BCUT2D eigenvalue weighted by Gasteiger charge is -2.33. The summed E-state index contributed by atoms with van der Waals surface area (Å²) in [6.07, 6.45) is 6.92. The van der Waals surface area contributed by atoms with E-state index in [0.717, 1.165) is 25.7 Å². The molecule has 0 unspecified atom stereocenters. The molecular weight excluding hydrogens is 309 g/mol. The van der Waals surface area contributed by atoms with Gasteiger partial charge in [-0.25, -0.2) is 9.37 Å². The second kappa shape index (κ2) is 7.11. The monoisotopic (exact) mass is 331 g/mol. The number of fused-ring (bicyclic) bond motifs is 1. The summed E-state index contributed by atoms with van der Waals surface area (Å²) < 4.78 is 14.5. The van der Waals surface area contributed by atoms with Crippen molar-refractivity contribution in [2.24, 2.45) is 0 Å². The molecular formula is C18H22FN3O2. The molecule has 5 nitrogen and oxygen atoms in total. The van der Waals surface area contributed by atoms with Crippen molar-refractivity contribution in [3.8, 4) is 0 Å². The lowest BCUT2D eigenvalue weighted by atomic mass is 9.94. The first kappa shape index (κ1) is 16.6. The van der Waals surface area contributed by atoms with E-state index in [1.165, 1.54) is 35.5 Å². The third kappa shape index (κ3) is 3.32. The molecule has 0 atom stereocenters. The summed E-state index contributed by atoms with van der Waals surface area (Å²) >= 11 is 0. The number of amides is 1. The van der Waals surface area contributed by atoms with Crippen molar-refractivity contribution >= 4 is 16.8 Å². The minimum absolute atomic E-state index is 0.0243. The highest BCUT2D eigenvalue weighted by molar-refractivity contribution is 5.79. The quantitative estimate of drug-likeness (QED) is 0.865. The van der Waals surface area contributed by atoms with Gasteiger partial charge in [-0.3, -0.25) is 14.2 Å². The van der Waals surface area contributed by atoms with E-state index >= 15 is 0 Å². The Balaban J connectivity index is 1.83. The van der Waals surface area contributed by atoms with Gasteiger partial charge in [-0.2, -0.15) is 0 Å². The van der Waals surface area contributed by atoms with Crippen molar-refractivity contribution < 1.29 is 9.18 Å². The van der Waals surface area contributed by atoms with E-state index in [0.29, 0.717) is 17.4 Å². The van der Waals surface area contributed by atoms with E-state index in [1.807, 2.05) is 11.8 Å². The van der Waals surface area contributed by atoms with Gasteiger partial charge in [0.15, 0.2) is 0 Å². The molecule has 0 bridgehead atoms.